The number of allylic oxidation sites excluding steroid dienone is 4. The molecule has 6 aliphatic rings. The lowest BCUT2D eigenvalue weighted by molar-refractivity contribution is -0.228. The second-order valence-corrected chi connectivity index (χ2v) is 17.8. The molecule has 11 heteroatoms. The molecule has 11 atom stereocenters. The maximum atomic E-state index is 13.2. The van der Waals surface area contributed by atoms with Crippen LogP contribution in [0.25, 0.3) is 10.8 Å². The number of ether oxygens (including phenoxy) is 2. The van der Waals surface area contributed by atoms with Crippen LogP contribution < -0.4 is 11.1 Å². The third-order valence-electron chi connectivity index (χ3n) is 15.3. The first kappa shape index (κ1) is 37.8. The summed E-state index contributed by atoms with van der Waals surface area (Å²) in [7, 11) is 0. The maximum absolute atomic E-state index is 13.2. The van der Waals surface area contributed by atoms with Crippen molar-refractivity contribution in [3.05, 3.63) is 95.9 Å². The molecule has 9 rings (SSSR count). The van der Waals surface area contributed by atoms with Crippen molar-refractivity contribution < 1.29 is 38.9 Å². The first-order valence-electron chi connectivity index (χ1n) is 20.5. The Morgan fingerprint density at radius 3 is 2.54 bits per heavy atom. The van der Waals surface area contributed by atoms with Crippen molar-refractivity contribution in [3.63, 3.8) is 0 Å². The van der Waals surface area contributed by atoms with E-state index >= 15 is 0 Å². The number of rotatable bonds is 11. The zero-order valence-corrected chi connectivity index (χ0v) is 32.3. The summed E-state index contributed by atoms with van der Waals surface area (Å²) >= 11 is 0. The van der Waals surface area contributed by atoms with Crippen molar-refractivity contribution in [2.24, 2.45) is 51.6 Å². The van der Waals surface area contributed by atoms with Crippen molar-refractivity contribution in [2.45, 2.75) is 83.0 Å². The van der Waals surface area contributed by atoms with Crippen LogP contribution in [-0.4, -0.2) is 64.2 Å². The number of nitrogens with two attached hydrogens (primary N) is 1. The predicted octanol–water partition coefficient (Wildman–Crippen LogP) is 5.54. The van der Waals surface area contributed by atoms with Gasteiger partial charge in [0.05, 0.1) is 30.0 Å². The molecule has 57 heavy (non-hydrogen) atoms. The molecule has 0 saturated heterocycles. The van der Waals surface area contributed by atoms with Crippen LogP contribution in [0, 0.1) is 45.8 Å². The number of nitrogens with zero attached hydrogens (tertiary/aromatic N) is 1. The van der Waals surface area contributed by atoms with E-state index in [4.69, 9.17) is 15.2 Å². The summed E-state index contributed by atoms with van der Waals surface area (Å²) in [6.07, 6.45) is 13.9. The molecule has 5 N–H and O–H groups in total. The van der Waals surface area contributed by atoms with Gasteiger partial charge in [0, 0.05) is 46.8 Å². The van der Waals surface area contributed by atoms with Crippen LogP contribution in [0.4, 0.5) is 5.69 Å². The number of anilines is 1. The van der Waals surface area contributed by atoms with Crippen molar-refractivity contribution >= 4 is 40.1 Å². The number of carbonyl (C=O) groups is 4. The van der Waals surface area contributed by atoms with E-state index in [1.54, 1.807) is 48.8 Å². The van der Waals surface area contributed by atoms with Gasteiger partial charge in [-0.25, -0.2) is 0 Å². The summed E-state index contributed by atoms with van der Waals surface area (Å²) < 4.78 is 11.3. The summed E-state index contributed by atoms with van der Waals surface area (Å²) in [5.41, 5.74) is 8.36. The number of hydrogen-bond donors (Lipinski definition) is 4. The lowest BCUT2D eigenvalue weighted by Crippen LogP contribution is -2.65. The van der Waals surface area contributed by atoms with Crippen molar-refractivity contribution in [3.8, 4) is 0 Å². The topological polar surface area (TPSA) is 178 Å². The molecule has 2 aromatic carbocycles. The average Bonchev–Trinajstić information content (AvgIpc) is 3.98. The molecule has 5 saturated carbocycles. The van der Waals surface area contributed by atoms with Crippen molar-refractivity contribution in [2.75, 3.05) is 18.5 Å². The molecule has 0 radical (unpaired) electrons. The average molecular weight is 774 g/mol. The van der Waals surface area contributed by atoms with Gasteiger partial charge in [-0.05, 0) is 115 Å². The number of aromatic nitrogens is 1. The number of nitrogens with one attached hydrogen (secondary N) is 1. The van der Waals surface area contributed by atoms with Gasteiger partial charge < -0.3 is 30.7 Å². The molecule has 11 nitrogen and oxygen atoms in total. The molecular formula is C46H51N3O8. The maximum Gasteiger partial charge on any atom is 0.310 e. The Kier molecular flexibility index (Phi) is 9.48. The minimum Gasteiger partial charge on any atom is -0.463 e. The second kappa shape index (κ2) is 14.3. The van der Waals surface area contributed by atoms with E-state index in [1.165, 1.54) is 0 Å². The van der Waals surface area contributed by atoms with Gasteiger partial charge in [-0.3, -0.25) is 24.2 Å². The first-order valence-corrected chi connectivity index (χ1v) is 20.5. The molecule has 1 aromatic heterocycles. The van der Waals surface area contributed by atoms with Gasteiger partial charge in [-0.15, -0.1) is 0 Å². The van der Waals surface area contributed by atoms with Crippen LogP contribution >= 0.6 is 0 Å². The van der Waals surface area contributed by atoms with Crippen LogP contribution in [0.15, 0.2) is 84.7 Å². The smallest absolute Gasteiger partial charge is 0.310 e. The number of hydrogen-bond acceptors (Lipinski definition) is 10. The van der Waals surface area contributed by atoms with Crippen LogP contribution in [0.1, 0.15) is 75.3 Å². The van der Waals surface area contributed by atoms with E-state index in [-0.39, 0.29) is 48.2 Å². The Hall–Kier alpha value is -4.71. The van der Waals surface area contributed by atoms with Crippen LogP contribution in [-0.2, 0) is 35.3 Å². The molecule has 0 aliphatic heterocycles. The molecule has 298 valence electrons. The molecule has 0 bridgehead atoms. The largest absolute Gasteiger partial charge is 0.463 e. The number of amides is 1. The molecule has 1 heterocycles. The zero-order valence-electron chi connectivity index (χ0n) is 32.3. The molecule has 3 aromatic rings. The summed E-state index contributed by atoms with van der Waals surface area (Å²) in [4.78, 5) is 55.5. The van der Waals surface area contributed by atoms with E-state index in [9.17, 15) is 29.4 Å². The molecule has 1 amide bonds. The SMILES string of the molecule is C[C@]12C=CC(=O)C=C1CC[C@@H]1[C@@H]2[C@@H](O)C[C@]23CC[C@]2(C(O)COC(=O)C2CC2C(=O)OCc2ccc([C@@H](CN)C(=O)Nc4ccc5cnccc5c4)cc2)CC[C@@H]13. The quantitative estimate of drug-likeness (QED) is 0.181. The Labute approximate surface area is 332 Å². The lowest BCUT2D eigenvalue weighted by atomic mass is 9.38. The highest BCUT2D eigenvalue weighted by Crippen LogP contribution is 2.78. The highest BCUT2D eigenvalue weighted by atomic mass is 16.5. The van der Waals surface area contributed by atoms with E-state index in [2.05, 4.69) is 17.2 Å². The number of ketones is 1. The highest BCUT2D eigenvalue weighted by molar-refractivity contribution is 6.01. The number of aliphatic hydroxyl groups excluding tert-OH is 2. The molecular weight excluding hydrogens is 723 g/mol. The molecule has 6 aliphatic carbocycles. The normalized spacial score (nSPS) is 34.3. The lowest BCUT2D eigenvalue weighted by Gasteiger charge is -2.67. The summed E-state index contributed by atoms with van der Waals surface area (Å²) in [5.74, 6) is -2.22. The molecule has 3 unspecified atom stereocenters. The third-order valence-corrected chi connectivity index (χ3v) is 15.3. The zero-order chi connectivity index (χ0) is 39.7. The third kappa shape index (κ3) is 6.24. The van der Waals surface area contributed by atoms with Gasteiger partial charge in [-0.1, -0.05) is 48.9 Å². The van der Waals surface area contributed by atoms with Gasteiger partial charge in [0.25, 0.3) is 0 Å². The number of benzene rings is 2. The number of pyridine rings is 1. The highest BCUT2D eigenvalue weighted by Gasteiger charge is 2.73. The Morgan fingerprint density at radius 2 is 1.79 bits per heavy atom. The summed E-state index contributed by atoms with van der Waals surface area (Å²) in [6, 6.07) is 14.7. The van der Waals surface area contributed by atoms with Crippen molar-refractivity contribution in [1.82, 2.24) is 4.98 Å². The van der Waals surface area contributed by atoms with Gasteiger partial charge in [0.1, 0.15) is 13.2 Å². The van der Waals surface area contributed by atoms with Crippen LogP contribution in [0.2, 0.25) is 0 Å². The number of esters is 2. The summed E-state index contributed by atoms with van der Waals surface area (Å²) in [6.45, 7) is 2.18. The predicted molar refractivity (Wildman–Crippen MR) is 211 cm³/mol. The van der Waals surface area contributed by atoms with E-state index in [0.29, 0.717) is 30.4 Å². The first-order chi connectivity index (χ1) is 27.5. The molecule has 5 fully saturated rings. The van der Waals surface area contributed by atoms with Crippen LogP contribution in [0.3, 0.4) is 0 Å². The Balaban J connectivity index is 0.755. The second-order valence-electron chi connectivity index (χ2n) is 17.8. The van der Waals surface area contributed by atoms with E-state index in [0.717, 1.165) is 66.0 Å². The van der Waals surface area contributed by atoms with Crippen molar-refractivity contribution in [1.29, 1.82) is 0 Å². The van der Waals surface area contributed by atoms with Crippen LogP contribution in [0.5, 0.6) is 0 Å². The fourth-order valence-electron chi connectivity index (χ4n) is 12.2. The van der Waals surface area contributed by atoms with Gasteiger partial charge in [0.15, 0.2) is 5.78 Å². The van der Waals surface area contributed by atoms with Gasteiger partial charge in [0.2, 0.25) is 5.91 Å². The number of fused-ring (bicyclic) bond motifs is 5. The minimum absolute atomic E-state index is 0.0200. The summed E-state index contributed by atoms with van der Waals surface area (Å²) in [5, 5.41) is 28.4. The number of aliphatic hydroxyl groups is 2. The van der Waals surface area contributed by atoms with Gasteiger partial charge in [-0.2, -0.15) is 0 Å². The van der Waals surface area contributed by atoms with Gasteiger partial charge >= 0.3 is 11.9 Å². The Morgan fingerprint density at radius 1 is 1.00 bits per heavy atom. The van der Waals surface area contributed by atoms with E-state index in [1.807, 2.05) is 30.3 Å². The Bertz CT molecular complexity index is 2180. The standard InChI is InChI=1S/C46H51N3O8/c1-44-13-10-32(50)19-30(44)7-9-33-37-11-14-45(15-16-46(37,45)21-38(51)40(33)44)39(52)25-57-43(55)35-20-34(35)42(54)56-24-26-2-4-27(5-3-26)36(22-47)41(53)49-31-8-6-29-23-48-17-12-28(29)18-31/h2-6,8,10,12-13,17-19,23,33-40,51-52H,7,9,11,14-16,20-22,24-25,47H2,1H3,(H,49,53)/t33-,34?,35?,36+,37-,38-,39?,40+,44-,45-,46-/m0/s1. The number of carbonyl (C=O) groups excluding carboxylic acids is 4. The fourth-order valence-corrected chi connectivity index (χ4v) is 12.2. The minimum atomic E-state index is -0.848. The monoisotopic (exact) mass is 773 g/mol. The van der Waals surface area contributed by atoms with E-state index < -0.39 is 47.3 Å². The fraction of sp³-hybridized carbons (Fsp3) is 0.500. The molecule has 1 spiro atoms.